The lowest BCUT2D eigenvalue weighted by molar-refractivity contribution is -0.198. The predicted octanol–water partition coefficient (Wildman–Crippen LogP) is 3.61. The molecule has 0 saturated heterocycles. The summed E-state index contributed by atoms with van der Waals surface area (Å²) in [5, 5.41) is 10.7. The van der Waals surface area contributed by atoms with Gasteiger partial charge in [0.05, 0.1) is 0 Å². The third kappa shape index (κ3) is 3.14. The highest BCUT2D eigenvalue weighted by atomic mass is 16.6. The summed E-state index contributed by atoms with van der Waals surface area (Å²) in [4.78, 5) is 12.0. The molecule has 0 heterocycles. The van der Waals surface area contributed by atoms with Crippen LogP contribution < -0.4 is 0 Å². The number of allylic oxidation sites excluding steroid dienone is 1. The zero-order valence-electron chi connectivity index (χ0n) is 12.7. The van der Waals surface area contributed by atoms with Crippen LogP contribution in [0.3, 0.4) is 0 Å². The maximum absolute atomic E-state index is 12.0. The van der Waals surface area contributed by atoms with Crippen molar-refractivity contribution in [2.45, 2.75) is 78.4 Å². The molecule has 106 valence electrons. The zero-order valence-corrected chi connectivity index (χ0v) is 12.7. The second-order valence-electron chi connectivity index (χ2n) is 4.80. The summed E-state index contributed by atoms with van der Waals surface area (Å²) in [6.07, 6.45) is 4.12. The highest BCUT2D eigenvalue weighted by molar-refractivity contribution is 5.88. The molecule has 0 aliphatic carbocycles. The molecule has 0 aromatic carbocycles. The van der Waals surface area contributed by atoms with Crippen LogP contribution in [0.2, 0.25) is 0 Å². The first-order valence-corrected chi connectivity index (χ1v) is 6.94. The van der Waals surface area contributed by atoms with E-state index in [1.54, 1.807) is 13.0 Å². The lowest BCUT2D eigenvalue weighted by Crippen LogP contribution is -2.55. The van der Waals surface area contributed by atoms with Gasteiger partial charge in [-0.1, -0.05) is 33.8 Å². The Morgan fingerprint density at radius 3 is 1.83 bits per heavy atom. The topological polar surface area (TPSA) is 46.5 Å². The molecule has 0 rings (SSSR count). The van der Waals surface area contributed by atoms with Gasteiger partial charge in [-0.3, -0.25) is 0 Å². The van der Waals surface area contributed by atoms with Crippen LogP contribution in [0.5, 0.6) is 0 Å². The van der Waals surface area contributed by atoms with E-state index in [-0.39, 0.29) is 5.97 Å². The molecular weight excluding hydrogens is 228 g/mol. The van der Waals surface area contributed by atoms with E-state index in [9.17, 15) is 9.90 Å². The molecule has 0 atom stereocenters. The largest absolute Gasteiger partial charge is 0.453 e. The number of rotatable bonds is 7. The van der Waals surface area contributed by atoms with Crippen LogP contribution in [0.4, 0.5) is 0 Å². The summed E-state index contributed by atoms with van der Waals surface area (Å²) in [6, 6.07) is 0. The highest BCUT2D eigenvalue weighted by Crippen LogP contribution is 2.38. The van der Waals surface area contributed by atoms with E-state index in [1.807, 2.05) is 34.6 Å². The van der Waals surface area contributed by atoms with Crippen molar-refractivity contribution in [1.29, 1.82) is 0 Å². The van der Waals surface area contributed by atoms with Gasteiger partial charge in [-0.25, -0.2) is 4.79 Å². The van der Waals surface area contributed by atoms with Gasteiger partial charge in [0.2, 0.25) is 0 Å². The van der Waals surface area contributed by atoms with Crippen LogP contribution in [0.15, 0.2) is 11.6 Å². The number of aliphatic hydroxyl groups is 1. The average molecular weight is 256 g/mol. The maximum Gasteiger partial charge on any atom is 0.334 e. The van der Waals surface area contributed by atoms with E-state index >= 15 is 0 Å². The van der Waals surface area contributed by atoms with Crippen LogP contribution in [-0.2, 0) is 9.53 Å². The Bertz CT molecular complexity index is 297. The Balaban J connectivity index is 5.34. The Kier molecular flexibility index (Phi) is 6.61. The van der Waals surface area contributed by atoms with Crippen LogP contribution in [0.1, 0.15) is 67.2 Å². The third-order valence-corrected chi connectivity index (χ3v) is 4.20. The molecular formula is C15H28O3. The number of carbonyl (C=O) groups excluding carboxylic acids is 1. The van der Waals surface area contributed by atoms with Gasteiger partial charge >= 0.3 is 5.97 Å². The van der Waals surface area contributed by atoms with Crippen molar-refractivity contribution in [3.8, 4) is 0 Å². The quantitative estimate of drug-likeness (QED) is 0.559. The van der Waals surface area contributed by atoms with E-state index in [0.717, 1.165) is 0 Å². The minimum atomic E-state index is -0.958. The molecule has 0 unspecified atom stereocenters. The number of esters is 1. The zero-order chi connectivity index (χ0) is 14.4. The molecule has 3 heteroatoms. The van der Waals surface area contributed by atoms with Gasteiger partial charge in [-0.15, -0.1) is 0 Å². The molecule has 3 nitrogen and oxygen atoms in total. The Morgan fingerprint density at radius 1 is 1.11 bits per heavy atom. The smallest absolute Gasteiger partial charge is 0.334 e. The van der Waals surface area contributed by atoms with E-state index < -0.39 is 11.2 Å². The molecule has 0 radical (unpaired) electrons. The molecule has 0 aromatic rings. The van der Waals surface area contributed by atoms with Crippen LogP contribution in [-0.4, -0.2) is 22.3 Å². The fraction of sp³-hybridized carbons (Fsp3) is 0.800. The molecule has 0 saturated carbocycles. The maximum atomic E-state index is 12.0. The number of hydrogen-bond donors (Lipinski definition) is 1. The molecule has 1 N–H and O–H groups in total. The normalized spacial score (nSPS) is 13.6. The molecule has 0 aromatic heterocycles. The standard InChI is InChI=1S/C15H28O3/c1-7-12(6)13(16)18-15(10-4,11-5)14(17,8-2)9-3/h7,17H,8-11H2,1-6H3. The SMILES string of the molecule is CC=C(C)C(=O)OC(CC)(CC)C(O)(CC)CC. The minimum absolute atomic E-state index is 0.332. The summed E-state index contributed by atoms with van der Waals surface area (Å²) >= 11 is 0. The predicted molar refractivity (Wildman–Crippen MR) is 74.4 cm³/mol. The van der Waals surface area contributed by atoms with Gasteiger partial charge in [0.25, 0.3) is 0 Å². The van der Waals surface area contributed by atoms with Crippen molar-refractivity contribution in [2.75, 3.05) is 0 Å². The summed E-state index contributed by atoms with van der Waals surface area (Å²) in [5.74, 6) is -0.332. The van der Waals surface area contributed by atoms with Gasteiger partial charge in [-0.2, -0.15) is 0 Å². The van der Waals surface area contributed by atoms with Gasteiger partial charge < -0.3 is 9.84 Å². The van der Waals surface area contributed by atoms with E-state index in [1.165, 1.54) is 0 Å². The van der Waals surface area contributed by atoms with E-state index in [2.05, 4.69) is 0 Å². The third-order valence-electron chi connectivity index (χ3n) is 4.20. The monoisotopic (exact) mass is 256 g/mol. The van der Waals surface area contributed by atoms with Crippen molar-refractivity contribution >= 4 is 5.97 Å². The first-order chi connectivity index (χ1) is 8.36. The fourth-order valence-corrected chi connectivity index (χ4v) is 2.42. The first-order valence-electron chi connectivity index (χ1n) is 6.94. The molecule has 0 aliphatic rings. The van der Waals surface area contributed by atoms with Gasteiger partial charge in [0, 0.05) is 5.57 Å². The van der Waals surface area contributed by atoms with Gasteiger partial charge in [0.1, 0.15) is 11.2 Å². The number of ether oxygens (including phenoxy) is 1. The Morgan fingerprint density at radius 2 is 1.56 bits per heavy atom. The number of hydrogen-bond acceptors (Lipinski definition) is 3. The molecule has 0 fully saturated rings. The second kappa shape index (κ2) is 6.93. The molecule has 0 amide bonds. The van der Waals surface area contributed by atoms with Gasteiger partial charge in [0.15, 0.2) is 0 Å². The van der Waals surface area contributed by atoms with Crippen LogP contribution in [0.25, 0.3) is 0 Å². The highest BCUT2D eigenvalue weighted by Gasteiger charge is 2.48. The molecule has 18 heavy (non-hydrogen) atoms. The lowest BCUT2D eigenvalue weighted by atomic mass is 9.75. The summed E-state index contributed by atoms with van der Waals surface area (Å²) in [6.45, 7) is 11.3. The van der Waals surface area contributed by atoms with Crippen LogP contribution in [0, 0.1) is 0 Å². The lowest BCUT2D eigenvalue weighted by Gasteiger charge is -2.45. The fourth-order valence-electron chi connectivity index (χ4n) is 2.42. The van der Waals surface area contributed by atoms with Crippen molar-refractivity contribution in [2.24, 2.45) is 0 Å². The molecule has 0 bridgehead atoms. The van der Waals surface area contributed by atoms with Crippen molar-refractivity contribution < 1.29 is 14.6 Å². The van der Waals surface area contributed by atoms with E-state index in [4.69, 9.17) is 4.74 Å². The van der Waals surface area contributed by atoms with Gasteiger partial charge in [-0.05, 0) is 39.5 Å². The Labute approximate surface area is 111 Å². The second-order valence-corrected chi connectivity index (χ2v) is 4.80. The summed E-state index contributed by atoms with van der Waals surface area (Å²) in [7, 11) is 0. The first kappa shape index (κ1) is 17.2. The molecule has 0 aliphatic heterocycles. The van der Waals surface area contributed by atoms with Crippen molar-refractivity contribution in [3.63, 3.8) is 0 Å². The molecule has 0 spiro atoms. The summed E-state index contributed by atoms with van der Waals surface area (Å²) in [5.41, 5.74) is -1.17. The average Bonchev–Trinajstić information content (AvgIpc) is 2.42. The minimum Gasteiger partial charge on any atom is -0.453 e. The Hall–Kier alpha value is -0.830. The van der Waals surface area contributed by atoms with Crippen molar-refractivity contribution in [3.05, 3.63) is 11.6 Å². The van der Waals surface area contributed by atoms with Crippen LogP contribution >= 0.6 is 0 Å². The summed E-state index contributed by atoms with van der Waals surface area (Å²) < 4.78 is 5.68. The number of carbonyl (C=O) groups is 1. The van der Waals surface area contributed by atoms with E-state index in [0.29, 0.717) is 31.3 Å². The van der Waals surface area contributed by atoms with Crippen molar-refractivity contribution in [1.82, 2.24) is 0 Å².